The van der Waals surface area contributed by atoms with Crippen LogP contribution in [0.2, 0.25) is 0 Å². The maximum absolute atomic E-state index is 13.9. The highest BCUT2D eigenvalue weighted by Crippen LogP contribution is 2.35. The number of aryl methyl sites for hydroxylation is 1. The molecular formula is C30H39F3N4. The number of hydrogen-bond acceptors (Lipinski definition) is 4. The SMILES string of the molecule is C=C(CCc1ccc(C(C(C)=N)=C(C)C)cc1)Nc1ccc(CN2CCN(CC)CC2)c(C(F)(F)F)c1. The monoisotopic (exact) mass is 512 g/mol. The summed E-state index contributed by atoms with van der Waals surface area (Å²) in [7, 11) is 0. The lowest BCUT2D eigenvalue weighted by Crippen LogP contribution is -2.45. The van der Waals surface area contributed by atoms with Crippen molar-refractivity contribution in [2.24, 2.45) is 0 Å². The zero-order valence-corrected chi connectivity index (χ0v) is 22.4. The maximum atomic E-state index is 13.9. The van der Waals surface area contributed by atoms with Gasteiger partial charge in [-0.2, -0.15) is 13.2 Å². The lowest BCUT2D eigenvalue weighted by molar-refractivity contribution is -0.138. The third-order valence-corrected chi connectivity index (χ3v) is 6.88. The zero-order chi connectivity index (χ0) is 27.2. The Hall–Kier alpha value is -2.90. The third kappa shape index (κ3) is 8.04. The Bertz CT molecular complexity index is 1120. The van der Waals surface area contributed by atoms with Gasteiger partial charge < -0.3 is 15.6 Å². The largest absolute Gasteiger partial charge is 0.416 e. The highest BCUT2D eigenvalue weighted by atomic mass is 19.4. The van der Waals surface area contributed by atoms with Gasteiger partial charge in [-0.1, -0.05) is 49.4 Å². The second-order valence-corrected chi connectivity index (χ2v) is 10.0. The van der Waals surface area contributed by atoms with Crippen molar-refractivity contribution in [3.63, 3.8) is 0 Å². The van der Waals surface area contributed by atoms with E-state index in [4.69, 9.17) is 5.41 Å². The summed E-state index contributed by atoms with van der Waals surface area (Å²) < 4.78 is 41.7. The molecular weight excluding hydrogens is 473 g/mol. The molecule has 0 radical (unpaired) electrons. The lowest BCUT2D eigenvalue weighted by atomic mass is 9.96. The summed E-state index contributed by atoms with van der Waals surface area (Å²) in [6.45, 7) is 16.5. The first-order valence-electron chi connectivity index (χ1n) is 12.9. The van der Waals surface area contributed by atoms with Crippen molar-refractivity contribution >= 4 is 17.0 Å². The number of hydrogen-bond donors (Lipinski definition) is 2. The van der Waals surface area contributed by atoms with Crippen molar-refractivity contribution in [1.82, 2.24) is 9.80 Å². The predicted molar refractivity (Wildman–Crippen MR) is 148 cm³/mol. The summed E-state index contributed by atoms with van der Waals surface area (Å²) >= 11 is 0. The number of benzene rings is 2. The molecule has 7 heteroatoms. The summed E-state index contributed by atoms with van der Waals surface area (Å²) in [6.07, 6.45) is -3.10. The van der Waals surface area contributed by atoms with Crippen molar-refractivity contribution in [2.75, 3.05) is 38.0 Å². The number of alkyl halides is 3. The molecule has 37 heavy (non-hydrogen) atoms. The summed E-state index contributed by atoms with van der Waals surface area (Å²) in [5.41, 5.74) is 5.50. The third-order valence-electron chi connectivity index (χ3n) is 6.88. The molecule has 0 saturated carbocycles. The van der Waals surface area contributed by atoms with Gasteiger partial charge in [-0.3, -0.25) is 4.90 Å². The molecule has 1 saturated heterocycles. The first kappa shape index (κ1) is 28.7. The molecule has 3 rings (SSSR count). The Labute approximate surface area is 219 Å². The molecule has 1 heterocycles. The van der Waals surface area contributed by atoms with Crippen molar-refractivity contribution in [1.29, 1.82) is 5.41 Å². The van der Waals surface area contributed by atoms with Gasteiger partial charge in [-0.15, -0.1) is 0 Å². The van der Waals surface area contributed by atoms with Crippen LogP contribution in [0.15, 0.2) is 60.3 Å². The van der Waals surface area contributed by atoms with Gasteiger partial charge in [0.1, 0.15) is 0 Å². The van der Waals surface area contributed by atoms with Gasteiger partial charge in [0.05, 0.1) is 5.56 Å². The number of nitrogens with zero attached hydrogens (tertiary/aromatic N) is 2. The normalized spacial score (nSPS) is 14.9. The lowest BCUT2D eigenvalue weighted by Gasteiger charge is -2.34. The van der Waals surface area contributed by atoms with Crippen LogP contribution in [-0.4, -0.2) is 48.2 Å². The molecule has 0 aromatic heterocycles. The molecule has 4 nitrogen and oxygen atoms in total. The second kappa shape index (κ2) is 12.6. The van der Waals surface area contributed by atoms with Gasteiger partial charge in [-0.25, -0.2) is 0 Å². The average Bonchev–Trinajstić information content (AvgIpc) is 2.84. The van der Waals surface area contributed by atoms with Gasteiger partial charge in [0.2, 0.25) is 0 Å². The van der Waals surface area contributed by atoms with E-state index >= 15 is 0 Å². The molecule has 1 fully saturated rings. The molecule has 1 aliphatic rings. The summed E-state index contributed by atoms with van der Waals surface area (Å²) in [5, 5.41) is 11.1. The van der Waals surface area contributed by atoms with Crippen molar-refractivity contribution in [3.05, 3.63) is 82.6 Å². The van der Waals surface area contributed by atoms with E-state index in [9.17, 15) is 13.2 Å². The number of nitrogens with one attached hydrogen (secondary N) is 2. The highest BCUT2D eigenvalue weighted by molar-refractivity contribution is 6.21. The van der Waals surface area contributed by atoms with Gasteiger partial charge >= 0.3 is 6.18 Å². The van der Waals surface area contributed by atoms with Crippen LogP contribution >= 0.6 is 0 Å². The van der Waals surface area contributed by atoms with Crippen molar-refractivity contribution < 1.29 is 13.2 Å². The Balaban J connectivity index is 1.62. The average molecular weight is 513 g/mol. The minimum absolute atomic E-state index is 0.301. The molecule has 2 aromatic carbocycles. The summed E-state index contributed by atoms with van der Waals surface area (Å²) in [4.78, 5) is 4.41. The predicted octanol–water partition coefficient (Wildman–Crippen LogP) is 7.23. The van der Waals surface area contributed by atoms with E-state index in [-0.39, 0.29) is 0 Å². The smallest absolute Gasteiger partial charge is 0.359 e. The van der Waals surface area contributed by atoms with Crippen LogP contribution in [-0.2, 0) is 19.1 Å². The fourth-order valence-corrected chi connectivity index (χ4v) is 4.84. The number of halogens is 3. The molecule has 0 spiro atoms. The number of anilines is 1. The van der Waals surface area contributed by atoms with Crippen molar-refractivity contribution in [2.45, 2.75) is 53.3 Å². The minimum atomic E-state index is -4.42. The van der Waals surface area contributed by atoms with Crippen molar-refractivity contribution in [3.8, 4) is 0 Å². The van der Waals surface area contributed by atoms with E-state index in [2.05, 4.69) is 28.6 Å². The molecule has 1 aliphatic heterocycles. The number of piperazine rings is 1. The molecule has 200 valence electrons. The topological polar surface area (TPSA) is 42.4 Å². The van der Waals surface area contributed by atoms with E-state index in [1.807, 2.05) is 38.1 Å². The first-order chi connectivity index (χ1) is 17.5. The molecule has 2 N–H and O–H groups in total. The maximum Gasteiger partial charge on any atom is 0.416 e. The number of rotatable bonds is 10. The molecule has 0 aliphatic carbocycles. The fraction of sp³-hybridized carbons (Fsp3) is 0.433. The van der Waals surface area contributed by atoms with E-state index < -0.39 is 11.7 Å². The molecule has 2 aromatic rings. The highest BCUT2D eigenvalue weighted by Gasteiger charge is 2.34. The number of allylic oxidation sites excluding steroid dienone is 3. The van der Waals surface area contributed by atoms with E-state index in [1.165, 1.54) is 6.07 Å². The number of likely N-dealkylation sites (N-methyl/N-ethyl adjacent to an activating group) is 1. The van der Waals surface area contributed by atoms with Gasteiger partial charge in [-0.05, 0) is 69.0 Å². The molecule has 0 bridgehead atoms. The fourth-order valence-electron chi connectivity index (χ4n) is 4.84. The first-order valence-corrected chi connectivity index (χ1v) is 12.9. The van der Waals surface area contributed by atoms with Crippen LogP contribution in [0.1, 0.15) is 56.4 Å². The Morgan fingerprint density at radius 1 is 0.973 bits per heavy atom. The van der Waals surface area contributed by atoms with Gasteiger partial charge in [0.25, 0.3) is 0 Å². The Morgan fingerprint density at radius 2 is 1.59 bits per heavy atom. The summed E-state index contributed by atoms with van der Waals surface area (Å²) in [5.74, 6) is 0. The Kier molecular flexibility index (Phi) is 9.74. The zero-order valence-electron chi connectivity index (χ0n) is 22.4. The van der Waals surface area contributed by atoms with Gasteiger partial charge in [0, 0.05) is 55.4 Å². The van der Waals surface area contributed by atoms with Crippen LogP contribution in [0.3, 0.4) is 0 Å². The van der Waals surface area contributed by atoms with E-state index in [0.717, 1.165) is 55.0 Å². The van der Waals surface area contributed by atoms with Gasteiger partial charge in [0.15, 0.2) is 0 Å². The van der Waals surface area contributed by atoms with Crippen LogP contribution in [0.25, 0.3) is 5.57 Å². The standard InChI is InChI=1S/C30H39F3N4/c1-6-36-15-17-37(18-16-36)20-26-13-14-27(19-28(26)30(31,32)33)35-22(4)7-8-24-9-11-25(12-10-24)29(21(2)3)23(5)34/h9-14,19,34-35H,4,6-8,15-18,20H2,1-3,5H3. The van der Waals surface area contributed by atoms with Crippen LogP contribution < -0.4 is 5.32 Å². The Morgan fingerprint density at radius 3 is 2.14 bits per heavy atom. The quantitative estimate of drug-likeness (QED) is 0.330. The van der Waals surface area contributed by atoms with Crippen LogP contribution in [0.5, 0.6) is 0 Å². The molecule has 0 atom stereocenters. The summed E-state index contributed by atoms with van der Waals surface area (Å²) in [6, 6.07) is 12.6. The second-order valence-electron chi connectivity index (χ2n) is 10.0. The van der Waals surface area contributed by atoms with Crippen LogP contribution in [0.4, 0.5) is 18.9 Å². The van der Waals surface area contributed by atoms with E-state index in [1.54, 1.807) is 19.1 Å². The minimum Gasteiger partial charge on any atom is -0.359 e. The van der Waals surface area contributed by atoms with Crippen LogP contribution in [0, 0.1) is 5.41 Å². The molecule has 0 amide bonds. The molecule has 0 unspecified atom stereocenters. The van der Waals surface area contributed by atoms with E-state index in [0.29, 0.717) is 42.0 Å².